The normalized spacial score (nSPS) is 12.9. The van der Waals surface area contributed by atoms with Crippen LogP contribution in [0.3, 0.4) is 0 Å². The van der Waals surface area contributed by atoms with Crippen molar-refractivity contribution >= 4 is 0 Å². The predicted molar refractivity (Wildman–Crippen MR) is 48.5 cm³/mol. The molecule has 0 aliphatic carbocycles. The second kappa shape index (κ2) is 5.02. The lowest BCUT2D eigenvalue weighted by atomic mass is 10.1. The van der Waals surface area contributed by atoms with Crippen molar-refractivity contribution in [2.45, 2.75) is 19.5 Å². The van der Waals surface area contributed by atoms with E-state index in [4.69, 9.17) is 5.11 Å². The monoisotopic (exact) mass is 220 g/mol. The van der Waals surface area contributed by atoms with Crippen molar-refractivity contribution < 1.29 is 23.0 Å². The van der Waals surface area contributed by atoms with Gasteiger partial charge in [0.1, 0.15) is 18.2 Å². The highest BCUT2D eigenvalue weighted by Crippen LogP contribution is 2.21. The number of rotatable bonds is 4. The maximum Gasteiger partial charge on any atom is 0.272 e. The van der Waals surface area contributed by atoms with Crippen molar-refractivity contribution in [2.75, 3.05) is 6.61 Å². The van der Waals surface area contributed by atoms with Crippen LogP contribution in [0.1, 0.15) is 18.6 Å². The van der Waals surface area contributed by atoms with Crippen LogP contribution in [0.25, 0.3) is 0 Å². The summed E-state index contributed by atoms with van der Waals surface area (Å²) in [4.78, 5) is 0. The van der Waals surface area contributed by atoms with Gasteiger partial charge in [0.2, 0.25) is 0 Å². The summed E-state index contributed by atoms with van der Waals surface area (Å²) in [5.41, 5.74) is 0.111. The van der Waals surface area contributed by atoms with Gasteiger partial charge >= 0.3 is 0 Å². The Kier molecular flexibility index (Phi) is 3.96. The van der Waals surface area contributed by atoms with E-state index in [1.165, 1.54) is 19.1 Å². The molecule has 5 heteroatoms. The number of hydrogen-bond donors (Lipinski definition) is 1. The summed E-state index contributed by atoms with van der Waals surface area (Å²) >= 11 is 0. The molecule has 15 heavy (non-hydrogen) atoms. The van der Waals surface area contributed by atoms with E-state index in [0.29, 0.717) is 0 Å². The SMILES string of the molecule is C[C@H](O)c1ccc(OCC(F)F)cc1F. The third kappa shape index (κ3) is 3.43. The molecule has 0 bridgehead atoms. The first kappa shape index (κ1) is 11.8. The number of aliphatic hydroxyl groups is 1. The van der Waals surface area contributed by atoms with Crippen molar-refractivity contribution in [1.82, 2.24) is 0 Å². The lowest BCUT2D eigenvalue weighted by molar-refractivity contribution is 0.0816. The molecule has 0 saturated heterocycles. The smallest absolute Gasteiger partial charge is 0.272 e. The van der Waals surface area contributed by atoms with Crippen LogP contribution in [-0.4, -0.2) is 18.1 Å². The van der Waals surface area contributed by atoms with E-state index >= 15 is 0 Å². The summed E-state index contributed by atoms with van der Waals surface area (Å²) in [6.45, 7) is 0.644. The first-order valence-electron chi connectivity index (χ1n) is 4.39. The molecule has 1 rings (SSSR count). The number of hydrogen-bond acceptors (Lipinski definition) is 2. The Hall–Kier alpha value is -1.23. The molecule has 1 aromatic rings. The predicted octanol–water partition coefficient (Wildman–Crippen LogP) is 2.52. The number of halogens is 3. The lowest BCUT2D eigenvalue weighted by Gasteiger charge is -2.09. The van der Waals surface area contributed by atoms with E-state index in [1.54, 1.807) is 0 Å². The molecule has 0 aliphatic rings. The molecule has 0 spiro atoms. The molecule has 0 radical (unpaired) electrons. The average molecular weight is 220 g/mol. The second-order valence-electron chi connectivity index (χ2n) is 3.06. The largest absolute Gasteiger partial charge is 0.488 e. The summed E-state index contributed by atoms with van der Waals surface area (Å²) in [6, 6.07) is 3.62. The van der Waals surface area contributed by atoms with Crippen LogP contribution in [0.2, 0.25) is 0 Å². The molecule has 0 amide bonds. The second-order valence-corrected chi connectivity index (χ2v) is 3.06. The molecule has 1 aromatic carbocycles. The molecule has 0 unspecified atom stereocenters. The van der Waals surface area contributed by atoms with E-state index in [1.807, 2.05) is 0 Å². The highest BCUT2D eigenvalue weighted by Gasteiger charge is 2.10. The van der Waals surface area contributed by atoms with E-state index in [9.17, 15) is 13.2 Å². The topological polar surface area (TPSA) is 29.5 Å². The number of aliphatic hydroxyl groups excluding tert-OH is 1. The fourth-order valence-corrected chi connectivity index (χ4v) is 1.10. The van der Waals surface area contributed by atoms with E-state index in [-0.39, 0.29) is 11.3 Å². The zero-order valence-corrected chi connectivity index (χ0v) is 8.08. The maximum atomic E-state index is 13.2. The zero-order chi connectivity index (χ0) is 11.4. The summed E-state index contributed by atoms with van der Waals surface area (Å²) in [5.74, 6) is -0.644. The first-order chi connectivity index (χ1) is 7.00. The summed E-state index contributed by atoms with van der Waals surface area (Å²) in [5, 5.41) is 9.11. The van der Waals surface area contributed by atoms with E-state index < -0.39 is 25.0 Å². The minimum absolute atomic E-state index is 0.0252. The van der Waals surface area contributed by atoms with Gasteiger partial charge in [-0.25, -0.2) is 13.2 Å². The molecule has 0 fully saturated rings. The minimum Gasteiger partial charge on any atom is -0.488 e. The standard InChI is InChI=1S/C10H11F3O2/c1-6(14)8-3-2-7(4-9(8)11)15-5-10(12)13/h2-4,6,10,14H,5H2,1H3/t6-/m0/s1. The van der Waals surface area contributed by atoms with Crippen LogP contribution in [-0.2, 0) is 0 Å². The molecule has 0 aromatic heterocycles. The number of ether oxygens (including phenoxy) is 1. The van der Waals surface area contributed by atoms with Gasteiger partial charge in [0, 0.05) is 11.6 Å². The van der Waals surface area contributed by atoms with Gasteiger partial charge in [0.05, 0.1) is 6.10 Å². The molecule has 1 atom stereocenters. The van der Waals surface area contributed by atoms with Crippen LogP contribution in [0.4, 0.5) is 13.2 Å². The van der Waals surface area contributed by atoms with Gasteiger partial charge in [0.25, 0.3) is 6.43 Å². The summed E-state index contributed by atoms with van der Waals surface area (Å²) in [7, 11) is 0. The van der Waals surface area contributed by atoms with Crippen molar-refractivity contribution in [1.29, 1.82) is 0 Å². The Bertz CT molecular complexity index is 326. The zero-order valence-electron chi connectivity index (χ0n) is 8.08. The Morgan fingerprint density at radius 1 is 1.40 bits per heavy atom. The maximum absolute atomic E-state index is 13.2. The Balaban J connectivity index is 2.73. The minimum atomic E-state index is -2.59. The molecular formula is C10H11F3O2. The Labute approximate surface area is 85.3 Å². The van der Waals surface area contributed by atoms with Gasteiger partial charge in [0.15, 0.2) is 0 Å². The average Bonchev–Trinajstić information content (AvgIpc) is 2.14. The van der Waals surface area contributed by atoms with Crippen molar-refractivity contribution in [3.63, 3.8) is 0 Å². The van der Waals surface area contributed by atoms with E-state index in [2.05, 4.69) is 4.74 Å². The molecule has 0 aliphatic heterocycles. The molecule has 1 N–H and O–H groups in total. The number of benzene rings is 1. The van der Waals surface area contributed by atoms with Gasteiger partial charge < -0.3 is 9.84 Å². The van der Waals surface area contributed by atoms with Gasteiger partial charge in [-0.2, -0.15) is 0 Å². The van der Waals surface area contributed by atoms with Crippen LogP contribution >= 0.6 is 0 Å². The van der Waals surface area contributed by atoms with Gasteiger partial charge in [-0.05, 0) is 19.1 Å². The van der Waals surface area contributed by atoms with Gasteiger partial charge in [-0.3, -0.25) is 0 Å². The fraction of sp³-hybridized carbons (Fsp3) is 0.400. The van der Waals surface area contributed by atoms with Crippen LogP contribution in [0, 0.1) is 5.82 Å². The molecule has 84 valence electrons. The third-order valence-corrected chi connectivity index (χ3v) is 1.80. The van der Waals surface area contributed by atoms with Gasteiger partial charge in [-0.15, -0.1) is 0 Å². The number of alkyl halides is 2. The third-order valence-electron chi connectivity index (χ3n) is 1.80. The van der Waals surface area contributed by atoms with Crippen molar-refractivity contribution in [3.8, 4) is 5.75 Å². The quantitative estimate of drug-likeness (QED) is 0.844. The summed E-state index contributed by atoms with van der Waals surface area (Å²) < 4.78 is 41.3. The van der Waals surface area contributed by atoms with Gasteiger partial charge in [-0.1, -0.05) is 0 Å². The molecule has 0 saturated carbocycles. The Morgan fingerprint density at radius 2 is 2.07 bits per heavy atom. The van der Waals surface area contributed by atoms with Crippen molar-refractivity contribution in [2.24, 2.45) is 0 Å². The van der Waals surface area contributed by atoms with Crippen LogP contribution < -0.4 is 4.74 Å². The first-order valence-corrected chi connectivity index (χ1v) is 4.39. The fourth-order valence-electron chi connectivity index (χ4n) is 1.10. The van der Waals surface area contributed by atoms with Crippen molar-refractivity contribution in [3.05, 3.63) is 29.6 Å². The molecular weight excluding hydrogens is 209 g/mol. The highest BCUT2D eigenvalue weighted by molar-refractivity contribution is 5.29. The van der Waals surface area contributed by atoms with Crippen LogP contribution in [0.5, 0.6) is 5.75 Å². The summed E-state index contributed by atoms with van der Waals surface area (Å²) in [6.07, 6.45) is -3.53. The highest BCUT2D eigenvalue weighted by atomic mass is 19.3. The van der Waals surface area contributed by atoms with Crippen LogP contribution in [0.15, 0.2) is 18.2 Å². The Morgan fingerprint density at radius 3 is 2.53 bits per heavy atom. The van der Waals surface area contributed by atoms with E-state index in [0.717, 1.165) is 6.07 Å². The molecule has 0 heterocycles. The lowest BCUT2D eigenvalue weighted by Crippen LogP contribution is -2.07. The molecule has 2 nitrogen and oxygen atoms in total.